The van der Waals surface area contributed by atoms with Crippen LogP contribution in [0.4, 0.5) is 0 Å². The Balaban J connectivity index is 1.74. The summed E-state index contributed by atoms with van der Waals surface area (Å²) in [5.41, 5.74) is 0.679. The minimum Gasteiger partial charge on any atom is -0.347 e. The third kappa shape index (κ3) is 4.43. The molecule has 10 heteroatoms. The summed E-state index contributed by atoms with van der Waals surface area (Å²) in [6.07, 6.45) is 3.06. The van der Waals surface area contributed by atoms with Gasteiger partial charge in [0.25, 0.3) is 5.91 Å². The van der Waals surface area contributed by atoms with E-state index in [0.29, 0.717) is 15.5 Å². The number of hydrogen-bond donors (Lipinski definition) is 1. The van der Waals surface area contributed by atoms with Gasteiger partial charge in [-0.05, 0) is 30.7 Å². The lowest BCUT2D eigenvalue weighted by molar-refractivity contribution is -0.132. The average molecular weight is 443 g/mol. The van der Waals surface area contributed by atoms with Crippen molar-refractivity contribution in [3.63, 3.8) is 0 Å². The van der Waals surface area contributed by atoms with Gasteiger partial charge in [0, 0.05) is 10.4 Å². The Labute approximate surface area is 171 Å². The highest BCUT2D eigenvalue weighted by atomic mass is 35.5. The molecule has 2 amide bonds. The van der Waals surface area contributed by atoms with E-state index >= 15 is 0 Å². The summed E-state index contributed by atoms with van der Waals surface area (Å²) in [7, 11) is -3.28. The van der Waals surface area contributed by atoms with Gasteiger partial charge in [0.2, 0.25) is 5.91 Å². The molecule has 1 aromatic rings. The maximum atomic E-state index is 12.7. The second-order valence-corrected chi connectivity index (χ2v) is 10.0. The number of amides is 2. The molecule has 3 rings (SSSR count). The molecule has 2 atom stereocenters. The fourth-order valence-electron chi connectivity index (χ4n) is 2.63. The zero-order valence-corrected chi connectivity index (χ0v) is 17.3. The van der Waals surface area contributed by atoms with Gasteiger partial charge in [0.05, 0.1) is 16.7 Å². The topological polar surface area (TPSA) is 83.6 Å². The number of rotatable bonds is 4. The lowest BCUT2D eigenvalue weighted by atomic mass is 10.2. The van der Waals surface area contributed by atoms with Crippen LogP contribution in [0.5, 0.6) is 0 Å². The van der Waals surface area contributed by atoms with Crippen LogP contribution >= 0.6 is 35.6 Å². The van der Waals surface area contributed by atoms with Crippen molar-refractivity contribution in [2.24, 2.45) is 0 Å². The number of halogens is 1. The van der Waals surface area contributed by atoms with E-state index in [4.69, 9.17) is 23.8 Å². The van der Waals surface area contributed by atoms with E-state index < -0.39 is 27.8 Å². The summed E-state index contributed by atoms with van der Waals surface area (Å²) in [5, 5.41) is 4.20. The van der Waals surface area contributed by atoms with Gasteiger partial charge in [-0.15, -0.1) is 0 Å². The monoisotopic (exact) mass is 442 g/mol. The Morgan fingerprint density at radius 2 is 2.15 bits per heavy atom. The van der Waals surface area contributed by atoms with Crippen LogP contribution in [0.3, 0.4) is 0 Å². The molecule has 0 bridgehead atoms. The largest absolute Gasteiger partial charge is 0.347 e. The standard InChI is InChI=1S/C17H15ClN2O4S3/c1-10(15(21)19-12-6-7-27(23,24)9-12)20-16(22)14(26-17(20)25)8-11-4-2-3-5-13(11)18/h2-8,10,12H,9H2,1H3,(H,19,21)/b14-8-/t10-,12-/m0/s1. The lowest BCUT2D eigenvalue weighted by Gasteiger charge is -2.23. The molecule has 0 aromatic heterocycles. The van der Waals surface area contributed by atoms with Crippen LogP contribution in [0.2, 0.25) is 5.02 Å². The number of thiocarbonyl (C=S) groups is 1. The van der Waals surface area contributed by atoms with E-state index in [-0.39, 0.29) is 16.0 Å². The summed E-state index contributed by atoms with van der Waals surface area (Å²) in [6.45, 7) is 1.55. The second kappa shape index (κ2) is 7.75. The van der Waals surface area contributed by atoms with Gasteiger partial charge in [-0.2, -0.15) is 0 Å². The molecule has 0 radical (unpaired) electrons. The van der Waals surface area contributed by atoms with E-state index in [1.165, 1.54) is 11.0 Å². The van der Waals surface area contributed by atoms with Crippen molar-refractivity contribution >= 4 is 67.6 Å². The number of carbonyl (C=O) groups is 2. The zero-order chi connectivity index (χ0) is 19.8. The fraction of sp³-hybridized carbons (Fsp3) is 0.235. The molecule has 0 spiro atoms. The van der Waals surface area contributed by atoms with Crippen LogP contribution in [0.15, 0.2) is 40.7 Å². The maximum absolute atomic E-state index is 12.7. The average Bonchev–Trinajstić information content (AvgIpc) is 3.07. The molecule has 1 fully saturated rings. The van der Waals surface area contributed by atoms with Gasteiger partial charge >= 0.3 is 0 Å². The second-order valence-electron chi connectivity index (χ2n) is 6.02. The molecule has 1 aromatic carbocycles. The van der Waals surface area contributed by atoms with Crippen LogP contribution in [-0.4, -0.2) is 47.3 Å². The number of sulfone groups is 1. The maximum Gasteiger partial charge on any atom is 0.266 e. The molecule has 142 valence electrons. The quantitative estimate of drug-likeness (QED) is 0.569. The Hall–Kier alpha value is -1.68. The predicted octanol–water partition coefficient (Wildman–Crippen LogP) is 2.36. The van der Waals surface area contributed by atoms with Crippen LogP contribution in [0.1, 0.15) is 12.5 Å². The summed E-state index contributed by atoms with van der Waals surface area (Å²) in [4.78, 5) is 26.8. The van der Waals surface area contributed by atoms with Gasteiger partial charge in [-0.3, -0.25) is 14.5 Å². The van der Waals surface area contributed by atoms with Crippen molar-refractivity contribution in [2.45, 2.75) is 19.0 Å². The molecular formula is C17H15ClN2O4S3. The van der Waals surface area contributed by atoms with Crippen LogP contribution in [0.25, 0.3) is 6.08 Å². The number of carbonyl (C=O) groups excluding carboxylic acids is 2. The molecule has 1 N–H and O–H groups in total. The fourth-order valence-corrected chi connectivity index (χ4v) is 5.47. The van der Waals surface area contributed by atoms with Crippen molar-refractivity contribution in [1.29, 1.82) is 0 Å². The zero-order valence-electron chi connectivity index (χ0n) is 14.1. The van der Waals surface area contributed by atoms with E-state index in [2.05, 4.69) is 5.32 Å². The molecule has 0 saturated carbocycles. The van der Waals surface area contributed by atoms with E-state index in [1.807, 2.05) is 0 Å². The summed E-state index contributed by atoms with van der Waals surface area (Å²) in [5.74, 6) is -1.05. The molecule has 0 aliphatic carbocycles. The number of benzene rings is 1. The van der Waals surface area contributed by atoms with Gasteiger partial charge < -0.3 is 5.32 Å². The molecule has 1 saturated heterocycles. The number of hydrogen-bond acceptors (Lipinski definition) is 6. The van der Waals surface area contributed by atoms with Crippen LogP contribution < -0.4 is 5.32 Å². The molecule has 2 heterocycles. The molecule has 27 heavy (non-hydrogen) atoms. The van der Waals surface area contributed by atoms with Gasteiger partial charge in [-0.25, -0.2) is 8.42 Å². The Kier molecular flexibility index (Phi) is 5.76. The van der Waals surface area contributed by atoms with E-state index in [9.17, 15) is 18.0 Å². The summed E-state index contributed by atoms with van der Waals surface area (Å²) < 4.78 is 23.2. The number of nitrogens with one attached hydrogen (secondary N) is 1. The molecule has 0 unspecified atom stereocenters. The first-order valence-corrected chi connectivity index (χ1v) is 11.2. The first-order chi connectivity index (χ1) is 12.7. The minimum absolute atomic E-state index is 0.184. The van der Waals surface area contributed by atoms with Crippen LogP contribution in [-0.2, 0) is 19.4 Å². The molecule has 2 aliphatic heterocycles. The van der Waals surface area contributed by atoms with Crippen molar-refractivity contribution in [2.75, 3.05) is 5.75 Å². The van der Waals surface area contributed by atoms with Crippen LogP contribution in [0, 0.1) is 0 Å². The van der Waals surface area contributed by atoms with Gasteiger partial charge in [-0.1, -0.05) is 53.8 Å². The SMILES string of the molecule is C[C@@H](C(=O)N[C@H]1C=CS(=O)(=O)C1)N1C(=O)/C(=C/c2ccccc2Cl)SC1=S. The predicted molar refractivity (Wildman–Crippen MR) is 111 cm³/mol. The number of nitrogens with zero attached hydrogens (tertiary/aromatic N) is 1. The van der Waals surface area contributed by atoms with Crippen molar-refractivity contribution < 1.29 is 18.0 Å². The highest BCUT2D eigenvalue weighted by Crippen LogP contribution is 2.35. The molecular weight excluding hydrogens is 428 g/mol. The normalized spacial score (nSPS) is 23.9. The third-order valence-corrected chi connectivity index (χ3v) is 7.11. The van der Waals surface area contributed by atoms with E-state index in [1.54, 1.807) is 37.3 Å². The van der Waals surface area contributed by atoms with E-state index in [0.717, 1.165) is 17.2 Å². The summed E-state index contributed by atoms with van der Waals surface area (Å²) in [6, 6.07) is 5.60. The van der Waals surface area contributed by atoms with Gasteiger partial charge in [0.1, 0.15) is 10.4 Å². The lowest BCUT2D eigenvalue weighted by Crippen LogP contribution is -2.49. The molecule has 6 nitrogen and oxygen atoms in total. The summed E-state index contributed by atoms with van der Waals surface area (Å²) >= 11 is 12.5. The van der Waals surface area contributed by atoms with Crippen molar-refractivity contribution in [3.8, 4) is 0 Å². The first kappa shape index (κ1) is 20.1. The Morgan fingerprint density at radius 3 is 2.78 bits per heavy atom. The third-order valence-electron chi connectivity index (χ3n) is 4.04. The molecule has 2 aliphatic rings. The van der Waals surface area contributed by atoms with Gasteiger partial charge in [0.15, 0.2) is 9.84 Å². The number of thioether (sulfide) groups is 1. The Morgan fingerprint density at radius 1 is 1.44 bits per heavy atom. The highest BCUT2D eigenvalue weighted by molar-refractivity contribution is 8.26. The van der Waals surface area contributed by atoms with Crippen molar-refractivity contribution in [1.82, 2.24) is 10.2 Å². The first-order valence-electron chi connectivity index (χ1n) is 7.91. The smallest absolute Gasteiger partial charge is 0.266 e. The Bertz CT molecular complexity index is 988. The highest BCUT2D eigenvalue weighted by Gasteiger charge is 2.39. The minimum atomic E-state index is -3.28. The van der Waals surface area contributed by atoms with Crippen molar-refractivity contribution in [3.05, 3.63) is 51.2 Å².